The molecule has 1 N–H and O–H groups in total. The predicted octanol–water partition coefficient (Wildman–Crippen LogP) is 2.38. The normalized spacial score (nSPS) is 10.5. The van der Waals surface area contributed by atoms with Gasteiger partial charge < -0.3 is 5.11 Å². The molecule has 0 aliphatic rings. The van der Waals surface area contributed by atoms with Crippen molar-refractivity contribution < 1.29 is 14.3 Å². The summed E-state index contributed by atoms with van der Waals surface area (Å²) in [4.78, 5) is 14.9. The summed E-state index contributed by atoms with van der Waals surface area (Å²) in [5, 5.41) is 9.25. The van der Waals surface area contributed by atoms with Crippen LogP contribution in [0.15, 0.2) is 24.4 Å². The monoisotopic (exact) mass is 205 g/mol. The third-order valence-corrected chi connectivity index (χ3v) is 2.23. The van der Waals surface area contributed by atoms with Crippen molar-refractivity contribution >= 4 is 16.9 Å². The summed E-state index contributed by atoms with van der Waals surface area (Å²) in [6.07, 6.45) is 1.41. The Hall–Kier alpha value is -1.97. The first-order valence-electron chi connectivity index (χ1n) is 4.38. The minimum Gasteiger partial charge on any atom is -0.478 e. The summed E-state index contributed by atoms with van der Waals surface area (Å²) < 4.78 is 13.1. The van der Waals surface area contributed by atoms with Gasteiger partial charge in [0.2, 0.25) is 0 Å². The molecule has 1 heterocycles. The smallest absolute Gasteiger partial charge is 0.336 e. The Morgan fingerprint density at radius 1 is 1.47 bits per heavy atom. The van der Waals surface area contributed by atoms with E-state index in [1.165, 1.54) is 24.4 Å². The van der Waals surface area contributed by atoms with Crippen LogP contribution in [0.25, 0.3) is 10.9 Å². The predicted molar refractivity (Wildman–Crippen MR) is 53.4 cm³/mol. The summed E-state index contributed by atoms with van der Waals surface area (Å²) in [5.74, 6) is -1.53. The minimum absolute atomic E-state index is 0.0719. The molecule has 0 bridgehead atoms. The van der Waals surface area contributed by atoms with E-state index in [4.69, 9.17) is 5.11 Å². The van der Waals surface area contributed by atoms with E-state index in [2.05, 4.69) is 4.98 Å². The van der Waals surface area contributed by atoms with Gasteiger partial charge in [-0.2, -0.15) is 0 Å². The van der Waals surface area contributed by atoms with Gasteiger partial charge in [-0.05, 0) is 30.7 Å². The van der Waals surface area contributed by atoms with Gasteiger partial charge in [-0.15, -0.1) is 0 Å². The van der Waals surface area contributed by atoms with Crippen molar-refractivity contribution in [3.8, 4) is 0 Å². The van der Waals surface area contributed by atoms with Gasteiger partial charge in [0.05, 0.1) is 11.1 Å². The largest absolute Gasteiger partial charge is 0.478 e. The highest BCUT2D eigenvalue weighted by Gasteiger charge is 2.11. The number of rotatable bonds is 1. The summed E-state index contributed by atoms with van der Waals surface area (Å²) in [6, 6.07) is 3.89. The number of aromatic carboxylic acids is 1. The Morgan fingerprint density at radius 3 is 2.87 bits per heavy atom. The van der Waals surface area contributed by atoms with Crippen molar-refractivity contribution in [1.82, 2.24) is 4.98 Å². The van der Waals surface area contributed by atoms with Crippen LogP contribution in [0.2, 0.25) is 0 Å². The number of nitrogens with zero attached hydrogens (tertiary/aromatic N) is 1. The molecule has 3 nitrogen and oxygen atoms in total. The lowest BCUT2D eigenvalue weighted by atomic mass is 10.1. The molecule has 76 valence electrons. The molecule has 4 heteroatoms. The van der Waals surface area contributed by atoms with E-state index in [1.807, 2.05) is 0 Å². The first-order chi connectivity index (χ1) is 7.09. The second kappa shape index (κ2) is 3.31. The van der Waals surface area contributed by atoms with Crippen molar-refractivity contribution in [2.24, 2.45) is 0 Å². The zero-order valence-electron chi connectivity index (χ0n) is 7.99. The van der Waals surface area contributed by atoms with E-state index in [9.17, 15) is 9.18 Å². The third-order valence-electron chi connectivity index (χ3n) is 2.23. The highest BCUT2D eigenvalue weighted by atomic mass is 19.1. The molecular formula is C11H8FNO2. The second-order valence-electron chi connectivity index (χ2n) is 3.28. The molecule has 1 aromatic heterocycles. The topological polar surface area (TPSA) is 50.2 Å². The summed E-state index contributed by atoms with van der Waals surface area (Å²) in [5.41, 5.74) is 1.23. The SMILES string of the molecule is Cc1cc(F)cc2c(C(=O)O)ccnc12. The van der Waals surface area contributed by atoms with Crippen LogP contribution < -0.4 is 0 Å². The number of halogens is 1. The fourth-order valence-electron chi connectivity index (χ4n) is 1.57. The van der Waals surface area contributed by atoms with Crippen LogP contribution >= 0.6 is 0 Å². The molecule has 0 saturated carbocycles. The summed E-state index contributed by atoms with van der Waals surface area (Å²) >= 11 is 0. The van der Waals surface area contributed by atoms with Gasteiger partial charge in [-0.1, -0.05) is 0 Å². The average molecular weight is 205 g/mol. The van der Waals surface area contributed by atoms with Gasteiger partial charge in [0.25, 0.3) is 0 Å². The van der Waals surface area contributed by atoms with Crippen molar-refractivity contribution in [3.63, 3.8) is 0 Å². The van der Waals surface area contributed by atoms with Crippen LogP contribution in [0, 0.1) is 12.7 Å². The highest BCUT2D eigenvalue weighted by molar-refractivity contribution is 6.03. The lowest BCUT2D eigenvalue weighted by Gasteiger charge is -2.04. The van der Waals surface area contributed by atoms with Gasteiger partial charge >= 0.3 is 5.97 Å². The summed E-state index contributed by atoms with van der Waals surface area (Å²) in [7, 11) is 0. The zero-order valence-corrected chi connectivity index (χ0v) is 7.99. The van der Waals surface area contributed by atoms with Gasteiger partial charge in [-0.3, -0.25) is 4.98 Å². The van der Waals surface area contributed by atoms with Crippen molar-refractivity contribution in [2.45, 2.75) is 6.92 Å². The molecule has 0 unspecified atom stereocenters. The number of hydrogen-bond donors (Lipinski definition) is 1. The highest BCUT2D eigenvalue weighted by Crippen LogP contribution is 2.21. The van der Waals surface area contributed by atoms with Crippen molar-refractivity contribution in [3.05, 3.63) is 41.3 Å². The Morgan fingerprint density at radius 2 is 2.20 bits per heavy atom. The number of carbonyl (C=O) groups is 1. The van der Waals surface area contributed by atoms with Gasteiger partial charge in [-0.25, -0.2) is 9.18 Å². The Kier molecular flexibility index (Phi) is 2.11. The molecule has 0 aliphatic heterocycles. The maximum atomic E-state index is 13.1. The van der Waals surface area contributed by atoms with E-state index < -0.39 is 11.8 Å². The van der Waals surface area contributed by atoms with Crippen molar-refractivity contribution in [2.75, 3.05) is 0 Å². The zero-order chi connectivity index (χ0) is 11.0. The fraction of sp³-hybridized carbons (Fsp3) is 0.0909. The van der Waals surface area contributed by atoms with E-state index in [0.29, 0.717) is 16.5 Å². The van der Waals surface area contributed by atoms with Crippen molar-refractivity contribution in [1.29, 1.82) is 0 Å². The van der Waals surface area contributed by atoms with Crippen LogP contribution in [0.1, 0.15) is 15.9 Å². The molecule has 0 fully saturated rings. The van der Waals surface area contributed by atoms with E-state index in [-0.39, 0.29) is 5.56 Å². The van der Waals surface area contributed by atoms with E-state index >= 15 is 0 Å². The summed E-state index contributed by atoms with van der Waals surface area (Å²) in [6.45, 7) is 1.70. The Labute approximate surface area is 85.2 Å². The number of carboxylic acids is 1. The number of fused-ring (bicyclic) bond motifs is 1. The van der Waals surface area contributed by atoms with Crippen LogP contribution in [0.5, 0.6) is 0 Å². The molecule has 2 rings (SSSR count). The van der Waals surface area contributed by atoms with Crippen LogP contribution in [0.3, 0.4) is 0 Å². The maximum absolute atomic E-state index is 13.1. The lowest BCUT2D eigenvalue weighted by Crippen LogP contribution is -1.99. The molecule has 15 heavy (non-hydrogen) atoms. The Balaban J connectivity index is 2.91. The maximum Gasteiger partial charge on any atom is 0.336 e. The molecular weight excluding hydrogens is 197 g/mol. The number of aryl methyl sites for hydroxylation is 1. The molecule has 0 atom stereocenters. The third kappa shape index (κ3) is 1.54. The minimum atomic E-state index is -1.08. The van der Waals surface area contributed by atoms with E-state index in [1.54, 1.807) is 6.92 Å². The standard InChI is InChI=1S/C11H8FNO2/c1-6-4-7(12)5-9-8(11(14)15)2-3-13-10(6)9/h2-5H,1H3,(H,14,15). The average Bonchev–Trinajstić information content (AvgIpc) is 2.16. The number of benzene rings is 1. The fourth-order valence-corrected chi connectivity index (χ4v) is 1.57. The molecule has 0 radical (unpaired) electrons. The molecule has 0 amide bonds. The number of pyridine rings is 1. The molecule has 0 saturated heterocycles. The van der Waals surface area contributed by atoms with E-state index in [0.717, 1.165) is 0 Å². The molecule has 0 aliphatic carbocycles. The van der Waals surface area contributed by atoms with Crippen LogP contribution in [-0.4, -0.2) is 16.1 Å². The first kappa shape index (κ1) is 9.58. The number of carboxylic acid groups (broad SMARTS) is 1. The van der Waals surface area contributed by atoms with Gasteiger partial charge in [0, 0.05) is 11.6 Å². The Bertz CT molecular complexity index is 552. The lowest BCUT2D eigenvalue weighted by molar-refractivity contribution is 0.0699. The van der Waals surface area contributed by atoms with Gasteiger partial charge in [0.1, 0.15) is 5.82 Å². The number of aromatic nitrogens is 1. The second-order valence-corrected chi connectivity index (χ2v) is 3.28. The molecule has 0 spiro atoms. The molecule has 1 aromatic carbocycles. The number of hydrogen-bond acceptors (Lipinski definition) is 2. The molecule has 2 aromatic rings. The van der Waals surface area contributed by atoms with Crippen LogP contribution in [-0.2, 0) is 0 Å². The van der Waals surface area contributed by atoms with Gasteiger partial charge in [0.15, 0.2) is 0 Å². The van der Waals surface area contributed by atoms with Crippen LogP contribution in [0.4, 0.5) is 4.39 Å². The quantitative estimate of drug-likeness (QED) is 0.777. The first-order valence-corrected chi connectivity index (χ1v) is 4.38.